The lowest BCUT2D eigenvalue weighted by Gasteiger charge is -2.32. The van der Waals surface area contributed by atoms with Crippen molar-refractivity contribution in [2.75, 3.05) is 25.7 Å². The molecule has 12 heteroatoms. The summed E-state index contributed by atoms with van der Waals surface area (Å²) in [5.41, 5.74) is 2.02. The van der Waals surface area contributed by atoms with Crippen LogP contribution < -0.4 is 10.2 Å². The molecule has 8 nitrogen and oxygen atoms in total. The van der Waals surface area contributed by atoms with Crippen LogP contribution in [-0.4, -0.2) is 60.9 Å². The largest absolute Gasteiger partial charge is 0.494 e. The Hall–Kier alpha value is -0.845. The Bertz CT molecular complexity index is 911. The molecule has 30 heavy (non-hydrogen) atoms. The van der Waals surface area contributed by atoms with Crippen molar-refractivity contribution in [1.82, 2.24) is 0 Å². The van der Waals surface area contributed by atoms with Crippen LogP contribution in [0.4, 0.5) is 0 Å². The zero-order valence-electron chi connectivity index (χ0n) is 18.6. The van der Waals surface area contributed by atoms with Crippen LogP contribution in [0.15, 0.2) is 12.1 Å². The molecular formula is C18H30BClO8S2. The smallest absolute Gasteiger partial charge is 0.491 e. The molecule has 0 amide bonds. The molecule has 0 saturated carbocycles. The van der Waals surface area contributed by atoms with Gasteiger partial charge in [0.05, 0.1) is 23.7 Å². The van der Waals surface area contributed by atoms with Gasteiger partial charge in [0, 0.05) is 10.7 Å². The van der Waals surface area contributed by atoms with Crippen LogP contribution in [0.1, 0.15) is 38.8 Å². The SMILES string of the molecule is CS(=O)(=O)Cl.Cc1cc(B2OC(C)(C)C(C)(C)O2)cc(C)c1OCCOS(C)(=O)=O. The number of ether oxygens (including phenoxy) is 1. The van der Waals surface area contributed by atoms with Crippen molar-refractivity contribution in [3.63, 3.8) is 0 Å². The summed E-state index contributed by atoms with van der Waals surface area (Å²) < 4.78 is 63.3. The highest BCUT2D eigenvalue weighted by Crippen LogP contribution is 2.37. The van der Waals surface area contributed by atoms with Gasteiger partial charge in [0.15, 0.2) is 0 Å². The fourth-order valence-corrected chi connectivity index (χ4v) is 3.03. The van der Waals surface area contributed by atoms with E-state index in [9.17, 15) is 16.8 Å². The van der Waals surface area contributed by atoms with Crippen molar-refractivity contribution in [3.05, 3.63) is 23.3 Å². The van der Waals surface area contributed by atoms with E-state index in [1.165, 1.54) is 0 Å². The van der Waals surface area contributed by atoms with Gasteiger partial charge in [-0.1, -0.05) is 12.1 Å². The minimum atomic E-state index is -3.45. The van der Waals surface area contributed by atoms with E-state index in [4.69, 9.17) is 14.0 Å². The van der Waals surface area contributed by atoms with Gasteiger partial charge in [0.25, 0.3) is 10.1 Å². The van der Waals surface area contributed by atoms with Crippen LogP contribution in [0.25, 0.3) is 0 Å². The van der Waals surface area contributed by atoms with Crippen LogP contribution in [-0.2, 0) is 32.7 Å². The summed E-state index contributed by atoms with van der Waals surface area (Å²) in [6.07, 6.45) is 1.94. The summed E-state index contributed by atoms with van der Waals surface area (Å²) in [5, 5.41) is 0. The third-order valence-corrected chi connectivity index (χ3v) is 5.23. The molecule has 1 aliphatic heterocycles. The minimum absolute atomic E-state index is 0.0172. The first-order valence-electron chi connectivity index (χ1n) is 9.16. The highest BCUT2D eigenvalue weighted by molar-refractivity contribution is 8.13. The molecule has 0 bridgehead atoms. The van der Waals surface area contributed by atoms with Crippen molar-refractivity contribution >= 4 is 42.4 Å². The number of aryl methyl sites for hydroxylation is 2. The topological polar surface area (TPSA) is 105 Å². The highest BCUT2D eigenvalue weighted by Gasteiger charge is 2.51. The Balaban J connectivity index is 0.000000804. The molecule has 0 atom stereocenters. The predicted octanol–water partition coefficient (Wildman–Crippen LogP) is 2.14. The number of halogens is 1. The van der Waals surface area contributed by atoms with E-state index in [-0.39, 0.29) is 13.2 Å². The molecule has 172 valence electrons. The van der Waals surface area contributed by atoms with Crippen molar-refractivity contribution in [2.45, 2.75) is 52.7 Å². The maximum atomic E-state index is 11.0. The molecule has 0 aromatic heterocycles. The maximum Gasteiger partial charge on any atom is 0.494 e. The number of hydrogen-bond acceptors (Lipinski definition) is 8. The van der Waals surface area contributed by atoms with E-state index in [0.29, 0.717) is 0 Å². The standard InChI is InChI=1S/C17H27BO6S.CH3ClO2S/c1-12-10-14(18-23-16(3,4)17(5,6)24-18)11-13(2)15(12)21-8-9-22-25(7,19)20;1-5(2,3)4/h10-11H,8-9H2,1-7H3;1H3. The van der Waals surface area contributed by atoms with E-state index < -0.39 is 37.5 Å². The summed E-state index contributed by atoms with van der Waals surface area (Å²) >= 11 is 0. The van der Waals surface area contributed by atoms with Crippen molar-refractivity contribution < 1.29 is 35.1 Å². The van der Waals surface area contributed by atoms with Gasteiger partial charge in [-0.05, 0) is 58.1 Å². The molecule has 1 aliphatic rings. The minimum Gasteiger partial charge on any atom is -0.491 e. The second-order valence-corrected chi connectivity index (χ2v) is 12.8. The van der Waals surface area contributed by atoms with E-state index in [2.05, 4.69) is 14.9 Å². The molecule has 0 unspecified atom stereocenters. The number of hydrogen-bond donors (Lipinski definition) is 0. The first-order valence-corrected chi connectivity index (χ1v) is 13.7. The molecule has 0 spiro atoms. The van der Waals surface area contributed by atoms with E-state index in [1.807, 2.05) is 53.7 Å². The van der Waals surface area contributed by atoms with E-state index in [1.54, 1.807) is 0 Å². The predicted molar refractivity (Wildman–Crippen MR) is 119 cm³/mol. The molecule has 0 aliphatic carbocycles. The van der Waals surface area contributed by atoms with Gasteiger partial charge in [-0.3, -0.25) is 4.18 Å². The van der Waals surface area contributed by atoms with Gasteiger partial charge < -0.3 is 14.0 Å². The summed E-state index contributed by atoms with van der Waals surface area (Å²) in [5.74, 6) is 0.720. The lowest BCUT2D eigenvalue weighted by molar-refractivity contribution is 0.00578. The van der Waals surface area contributed by atoms with Gasteiger partial charge in [0.1, 0.15) is 19.0 Å². The molecule has 0 radical (unpaired) electrons. The quantitative estimate of drug-likeness (QED) is 0.262. The molecule has 1 aromatic rings. The van der Waals surface area contributed by atoms with E-state index >= 15 is 0 Å². The third kappa shape index (κ3) is 8.72. The molecule has 1 heterocycles. The Kier molecular flexibility index (Phi) is 8.83. The van der Waals surface area contributed by atoms with Crippen molar-refractivity contribution in [1.29, 1.82) is 0 Å². The van der Waals surface area contributed by atoms with E-state index in [0.717, 1.165) is 34.9 Å². The average Bonchev–Trinajstić information content (AvgIpc) is 2.71. The summed E-state index contributed by atoms with van der Waals surface area (Å²) in [6, 6.07) is 3.95. The summed E-state index contributed by atoms with van der Waals surface area (Å²) in [6.45, 7) is 12.1. The molecule has 2 rings (SSSR count). The van der Waals surface area contributed by atoms with Crippen LogP contribution in [0, 0.1) is 13.8 Å². The lowest BCUT2D eigenvalue weighted by Crippen LogP contribution is -2.41. The zero-order chi connectivity index (χ0) is 23.5. The Morgan fingerprint density at radius 2 is 1.33 bits per heavy atom. The molecule has 1 aromatic carbocycles. The first-order chi connectivity index (χ1) is 13.3. The zero-order valence-corrected chi connectivity index (χ0v) is 21.0. The van der Waals surface area contributed by atoms with Gasteiger partial charge in [-0.15, -0.1) is 0 Å². The average molecular weight is 485 g/mol. The Morgan fingerprint density at radius 1 is 0.933 bits per heavy atom. The van der Waals surface area contributed by atoms with Crippen LogP contribution in [0.3, 0.4) is 0 Å². The Morgan fingerprint density at radius 3 is 1.70 bits per heavy atom. The van der Waals surface area contributed by atoms with Gasteiger partial charge in [0.2, 0.25) is 9.05 Å². The first kappa shape index (κ1) is 27.2. The fourth-order valence-electron chi connectivity index (χ4n) is 2.66. The summed E-state index contributed by atoms with van der Waals surface area (Å²) in [4.78, 5) is 0. The third-order valence-electron chi connectivity index (χ3n) is 4.64. The van der Waals surface area contributed by atoms with Gasteiger partial charge >= 0.3 is 7.12 Å². The normalized spacial score (nSPS) is 18.0. The maximum absolute atomic E-state index is 11.0. The highest BCUT2D eigenvalue weighted by atomic mass is 35.7. The van der Waals surface area contributed by atoms with Crippen molar-refractivity contribution in [3.8, 4) is 5.75 Å². The fraction of sp³-hybridized carbons (Fsp3) is 0.667. The van der Waals surface area contributed by atoms with Gasteiger partial charge in [-0.25, -0.2) is 8.42 Å². The molecule has 1 saturated heterocycles. The van der Waals surface area contributed by atoms with Gasteiger partial charge in [-0.2, -0.15) is 8.42 Å². The Labute approximate surface area is 184 Å². The molecule has 0 N–H and O–H groups in total. The lowest BCUT2D eigenvalue weighted by atomic mass is 9.77. The second kappa shape index (κ2) is 9.75. The monoisotopic (exact) mass is 484 g/mol. The van der Waals surface area contributed by atoms with Crippen LogP contribution >= 0.6 is 10.7 Å². The molecular weight excluding hydrogens is 455 g/mol. The molecule has 1 fully saturated rings. The van der Waals surface area contributed by atoms with Crippen LogP contribution in [0.2, 0.25) is 0 Å². The van der Waals surface area contributed by atoms with Crippen LogP contribution in [0.5, 0.6) is 5.75 Å². The van der Waals surface area contributed by atoms with Crippen molar-refractivity contribution in [2.24, 2.45) is 0 Å². The summed E-state index contributed by atoms with van der Waals surface area (Å²) in [7, 11) is -2.57. The number of benzene rings is 1. The second-order valence-electron chi connectivity index (χ2n) is 8.13. The number of rotatable bonds is 6.